The first-order valence-corrected chi connectivity index (χ1v) is 8.02. The normalized spacial score (nSPS) is 13.0. The number of ketones is 1. The number of carbonyl (C=O) groups excluding carboxylic acids is 1. The molecule has 0 aromatic heterocycles. The molecule has 0 N–H and O–H groups in total. The maximum Gasteiger partial charge on any atom is 0.417 e. The monoisotopic (exact) mass is 456 g/mol. The number of carbonyl (C=O) groups is 1. The van der Waals surface area contributed by atoms with Gasteiger partial charge in [0.15, 0.2) is 5.78 Å². The molecule has 0 unspecified atom stereocenters. The van der Waals surface area contributed by atoms with Crippen LogP contribution in [-0.4, -0.2) is 12.0 Å². The molecule has 2 aromatic carbocycles. The number of halogens is 8. The second-order valence-electron chi connectivity index (χ2n) is 5.16. The molecule has 0 bridgehead atoms. The van der Waals surface area contributed by atoms with Crippen LogP contribution in [0.4, 0.5) is 26.3 Å². The minimum Gasteiger partial charge on any atom is -0.289 e. The predicted octanol–water partition coefficient (Wildman–Crippen LogP) is 6.95. The van der Waals surface area contributed by atoms with Crippen molar-refractivity contribution in [3.05, 3.63) is 74.7 Å². The van der Waals surface area contributed by atoms with Gasteiger partial charge in [-0.15, -0.1) is 0 Å². The summed E-state index contributed by atoms with van der Waals surface area (Å²) >= 11 is 8.46. The van der Waals surface area contributed by atoms with Crippen LogP contribution in [0.2, 0.25) is 5.02 Å². The lowest BCUT2D eigenvalue weighted by molar-refractivity contribution is -0.137. The van der Waals surface area contributed by atoms with Crippen LogP contribution in [0.15, 0.2) is 53.0 Å². The van der Waals surface area contributed by atoms with Gasteiger partial charge in [-0.3, -0.25) is 4.79 Å². The van der Waals surface area contributed by atoms with Gasteiger partial charge in [0.1, 0.15) is 0 Å². The molecule has 26 heavy (non-hydrogen) atoms. The van der Waals surface area contributed by atoms with E-state index >= 15 is 0 Å². The molecule has 0 aliphatic rings. The molecular weight excluding hydrogens is 450 g/mol. The molecule has 0 saturated heterocycles. The Morgan fingerprint density at radius 2 is 1.62 bits per heavy atom. The molecule has 0 fully saturated rings. The first-order chi connectivity index (χ1) is 11.9. The van der Waals surface area contributed by atoms with Gasteiger partial charge in [-0.05, 0) is 42.0 Å². The minimum atomic E-state index is -5.04. The van der Waals surface area contributed by atoms with Gasteiger partial charge < -0.3 is 0 Å². The zero-order valence-corrected chi connectivity index (χ0v) is 14.9. The molecule has 0 heterocycles. The lowest BCUT2D eigenvalue weighted by Gasteiger charge is -2.15. The van der Waals surface area contributed by atoms with Crippen LogP contribution in [0.25, 0.3) is 5.57 Å². The molecule has 2 aromatic rings. The third-order valence-electron chi connectivity index (χ3n) is 3.23. The molecule has 0 amide bonds. The van der Waals surface area contributed by atoms with Crippen LogP contribution < -0.4 is 0 Å². The Morgan fingerprint density at radius 3 is 2.15 bits per heavy atom. The van der Waals surface area contributed by atoms with Crippen LogP contribution in [-0.2, 0) is 6.18 Å². The van der Waals surface area contributed by atoms with Crippen molar-refractivity contribution in [3.63, 3.8) is 0 Å². The second kappa shape index (κ2) is 7.44. The van der Waals surface area contributed by atoms with Gasteiger partial charge in [0.2, 0.25) is 0 Å². The van der Waals surface area contributed by atoms with Crippen molar-refractivity contribution in [2.75, 3.05) is 0 Å². The Kier molecular flexibility index (Phi) is 5.87. The Morgan fingerprint density at radius 1 is 0.962 bits per heavy atom. The van der Waals surface area contributed by atoms with Crippen LogP contribution >= 0.6 is 27.5 Å². The Bertz CT molecular complexity index is 870. The van der Waals surface area contributed by atoms with Crippen LogP contribution in [0.3, 0.4) is 0 Å². The van der Waals surface area contributed by atoms with Gasteiger partial charge in [0, 0.05) is 15.1 Å². The van der Waals surface area contributed by atoms with Gasteiger partial charge in [-0.2, -0.15) is 26.3 Å². The number of benzene rings is 2. The molecular formula is C17H8BrClF6O. The average Bonchev–Trinajstić information content (AvgIpc) is 2.49. The Hall–Kier alpha value is -1.80. The summed E-state index contributed by atoms with van der Waals surface area (Å²) in [5.41, 5.74) is -3.67. The highest BCUT2D eigenvalue weighted by Crippen LogP contribution is 2.39. The van der Waals surface area contributed by atoms with E-state index < -0.39 is 34.8 Å². The fourth-order valence-electron chi connectivity index (χ4n) is 2.09. The molecule has 2 rings (SSSR count). The maximum atomic E-state index is 13.4. The molecule has 1 nitrogen and oxygen atoms in total. The van der Waals surface area contributed by atoms with E-state index in [1.54, 1.807) is 0 Å². The number of rotatable bonds is 3. The van der Waals surface area contributed by atoms with Crippen molar-refractivity contribution in [1.82, 2.24) is 0 Å². The minimum absolute atomic E-state index is 0.120. The highest BCUT2D eigenvalue weighted by atomic mass is 79.9. The van der Waals surface area contributed by atoms with Crippen LogP contribution in [0, 0.1) is 0 Å². The Labute approximate surface area is 157 Å². The fourth-order valence-corrected chi connectivity index (χ4v) is 2.78. The van der Waals surface area contributed by atoms with Crippen molar-refractivity contribution in [3.8, 4) is 0 Å². The summed E-state index contributed by atoms with van der Waals surface area (Å²) in [6.45, 7) is 0. The fraction of sp³-hybridized carbons (Fsp3) is 0.118. The second-order valence-corrected chi connectivity index (χ2v) is 6.51. The lowest BCUT2D eigenvalue weighted by Crippen LogP contribution is -2.14. The SMILES string of the molecule is O=C(/C=C(/c1cc(Br)cc(C(F)(F)F)c1)C(F)(F)F)c1cccc(Cl)c1. The average molecular weight is 458 g/mol. The largest absolute Gasteiger partial charge is 0.417 e. The summed E-state index contributed by atoms with van der Waals surface area (Å²) in [6.07, 6.45) is -9.63. The summed E-state index contributed by atoms with van der Waals surface area (Å²) in [5.74, 6) is -1.03. The molecule has 0 saturated carbocycles. The summed E-state index contributed by atoms with van der Waals surface area (Å²) < 4.78 is 78.6. The predicted molar refractivity (Wildman–Crippen MR) is 89.0 cm³/mol. The quantitative estimate of drug-likeness (QED) is 0.277. The van der Waals surface area contributed by atoms with Gasteiger partial charge in [0.05, 0.1) is 11.1 Å². The molecule has 0 spiro atoms. The van der Waals surface area contributed by atoms with E-state index in [0.717, 1.165) is 12.1 Å². The molecule has 0 atom stereocenters. The zero-order chi connectivity index (χ0) is 19.7. The van der Waals surface area contributed by atoms with Crippen molar-refractivity contribution in [2.24, 2.45) is 0 Å². The summed E-state index contributed by atoms with van der Waals surface area (Å²) in [4.78, 5) is 12.1. The van der Waals surface area contributed by atoms with Crippen LogP contribution in [0.5, 0.6) is 0 Å². The standard InChI is InChI=1S/C17H8BrClF6O/c18-12-5-10(4-11(7-12)16(20,21)22)14(17(23,24)25)8-15(26)9-2-1-3-13(19)6-9/h1-8H/b14-8-. The van der Waals surface area contributed by atoms with E-state index in [1.165, 1.54) is 18.2 Å². The number of allylic oxidation sites excluding steroid dienone is 2. The van der Waals surface area contributed by atoms with Crippen LogP contribution in [0.1, 0.15) is 21.5 Å². The van der Waals surface area contributed by atoms with E-state index in [4.69, 9.17) is 11.6 Å². The molecule has 138 valence electrons. The van der Waals surface area contributed by atoms with Gasteiger partial charge in [-0.25, -0.2) is 0 Å². The zero-order valence-electron chi connectivity index (χ0n) is 12.6. The van der Waals surface area contributed by atoms with E-state index in [-0.39, 0.29) is 21.1 Å². The molecule has 0 radical (unpaired) electrons. The summed E-state index contributed by atoms with van der Waals surface area (Å²) in [6, 6.07) is 7.07. The number of alkyl halides is 6. The van der Waals surface area contributed by atoms with E-state index in [2.05, 4.69) is 15.9 Å². The van der Waals surface area contributed by atoms with Gasteiger partial charge >= 0.3 is 12.4 Å². The molecule has 0 aliphatic heterocycles. The van der Waals surface area contributed by atoms with Crippen molar-refractivity contribution in [2.45, 2.75) is 12.4 Å². The van der Waals surface area contributed by atoms with Crippen molar-refractivity contribution < 1.29 is 31.1 Å². The van der Waals surface area contributed by atoms with Gasteiger partial charge in [0.25, 0.3) is 0 Å². The number of hydrogen-bond donors (Lipinski definition) is 0. The maximum absolute atomic E-state index is 13.4. The number of hydrogen-bond acceptors (Lipinski definition) is 1. The van der Waals surface area contributed by atoms with Crippen molar-refractivity contribution >= 4 is 38.9 Å². The molecule has 0 aliphatic carbocycles. The van der Waals surface area contributed by atoms with E-state index in [0.29, 0.717) is 12.1 Å². The first kappa shape index (κ1) is 20.5. The van der Waals surface area contributed by atoms with E-state index in [1.807, 2.05) is 0 Å². The third kappa shape index (κ3) is 5.11. The van der Waals surface area contributed by atoms with Gasteiger partial charge in [-0.1, -0.05) is 39.7 Å². The molecule has 9 heteroatoms. The lowest BCUT2D eigenvalue weighted by atomic mass is 9.99. The smallest absolute Gasteiger partial charge is 0.289 e. The van der Waals surface area contributed by atoms with E-state index in [9.17, 15) is 31.1 Å². The first-order valence-electron chi connectivity index (χ1n) is 6.85. The highest BCUT2D eigenvalue weighted by Gasteiger charge is 2.38. The summed E-state index contributed by atoms with van der Waals surface area (Å²) in [5, 5.41) is 0.139. The summed E-state index contributed by atoms with van der Waals surface area (Å²) in [7, 11) is 0. The highest BCUT2D eigenvalue weighted by molar-refractivity contribution is 9.10. The van der Waals surface area contributed by atoms with Crippen molar-refractivity contribution in [1.29, 1.82) is 0 Å². The third-order valence-corrected chi connectivity index (χ3v) is 3.92. The topological polar surface area (TPSA) is 17.1 Å². The Balaban J connectivity index is 2.59.